The fourth-order valence-electron chi connectivity index (χ4n) is 2.86. The van der Waals surface area contributed by atoms with E-state index in [-0.39, 0.29) is 23.6 Å². The van der Waals surface area contributed by atoms with E-state index in [1.54, 1.807) is 31.4 Å². The molecule has 1 aliphatic rings. The monoisotopic (exact) mass is 370 g/mol. The third kappa shape index (κ3) is 4.58. The van der Waals surface area contributed by atoms with Crippen LogP contribution in [0, 0.1) is 0 Å². The first-order valence-electron chi connectivity index (χ1n) is 8.54. The standard InChI is InChI=1S/C20H22N2O3S/c1-25-17-9-7-15(8-10-17)18-14-22(11-12-26-18)19(23)13-21-20(24)16-5-3-2-4-6-16/h2-10,18H,11-14H2,1H3,(H,21,24). The van der Waals surface area contributed by atoms with Gasteiger partial charge in [-0.1, -0.05) is 30.3 Å². The lowest BCUT2D eigenvalue weighted by atomic mass is 10.1. The molecule has 1 saturated heterocycles. The topological polar surface area (TPSA) is 58.6 Å². The molecular weight excluding hydrogens is 348 g/mol. The molecule has 0 bridgehead atoms. The molecule has 0 aliphatic carbocycles. The summed E-state index contributed by atoms with van der Waals surface area (Å²) in [6.07, 6.45) is 0. The summed E-state index contributed by atoms with van der Waals surface area (Å²) in [6.45, 7) is 1.38. The van der Waals surface area contributed by atoms with Crippen molar-refractivity contribution in [3.8, 4) is 5.75 Å². The van der Waals surface area contributed by atoms with E-state index >= 15 is 0 Å². The maximum Gasteiger partial charge on any atom is 0.251 e. The molecule has 1 aliphatic heterocycles. The van der Waals surface area contributed by atoms with Gasteiger partial charge in [0.2, 0.25) is 5.91 Å². The summed E-state index contributed by atoms with van der Waals surface area (Å²) in [6, 6.07) is 16.9. The normalized spacial score (nSPS) is 16.8. The van der Waals surface area contributed by atoms with Crippen molar-refractivity contribution in [2.75, 3.05) is 32.5 Å². The number of thioether (sulfide) groups is 1. The van der Waals surface area contributed by atoms with Crippen molar-refractivity contribution < 1.29 is 14.3 Å². The van der Waals surface area contributed by atoms with Gasteiger partial charge in [-0.05, 0) is 29.8 Å². The van der Waals surface area contributed by atoms with Crippen molar-refractivity contribution in [1.29, 1.82) is 0 Å². The van der Waals surface area contributed by atoms with Crippen LogP contribution in [-0.2, 0) is 4.79 Å². The van der Waals surface area contributed by atoms with Crippen molar-refractivity contribution in [1.82, 2.24) is 10.2 Å². The van der Waals surface area contributed by atoms with Gasteiger partial charge in [0, 0.05) is 29.7 Å². The van der Waals surface area contributed by atoms with E-state index < -0.39 is 0 Å². The average Bonchev–Trinajstić information content (AvgIpc) is 2.72. The number of carbonyl (C=O) groups is 2. The molecule has 2 aromatic rings. The van der Waals surface area contributed by atoms with Crippen molar-refractivity contribution in [2.24, 2.45) is 0 Å². The molecule has 136 valence electrons. The highest BCUT2D eigenvalue weighted by atomic mass is 32.2. The quantitative estimate of drug-likeness (QED) is 0.879. The van der Waals surface area contributed by atoms with E-state index in [2.05, 4.69) is 5.32 Å². The van der Waals surface area contributed by atoms with Crippen LogP contribution in [0.4, 0.5) is 0 Å². The van der Waals surface area contributed by atoms with Gasteiger partial charge in [-0.25, -0.2) is 0 Å². The Kier molecular flexibility index (Phi) is 6.17. The van der Waals surface area contributed by atoms with Crippen LogP contribution >= 0.6 is 11.8 Å². The Balaban J connectivity index is 1.55. The van der Waals surface area contributed by atoms with E-state index in [4.69, 9.17) is 4.74 Å². The first-order valence-corrected chi connectivity index (χ1v) is 9.59. The second-order valence-corrected chi connectivity index (χ2v) is 7.33. The van der Waals surface area contributed by atoms with Gasteiger partial charge in [-0.2, -0.15) is 11.8 Å². The third-order valence-electron chi connectivity index (χ3n) is 4.34. The Bertz CT molecular complexity index is 749. The van der Waals surface area contributed by atoms with Gasteiger partial charge in [0.25, 0.3) is 5.91 Å². The Labute approximate surface area is 157 Å². The number of benzene rings is 2. The van der Waals surface area contributed by atoms with Gasteiger partial charge in [0.15, 0.2) is 0 Å². The average molecular weight is 370 g/mol. The summed E-state index contributed by atoms with van der Waals surface area (Å²) in [7, 11) is 1.65. The number of nitrogens with one attached hydrogen (secondary N) is 1. The van der Waals surface area contributed by atoms with Crippen molar-refractivity contribution in [3.63, 3.8) is 0 Å². The molecule has 5 nitrogen and oxygen atoms in total. The summed E-state index contributed by atoms with van der Waals surface area (Å²) >= 11 is 1.85. The van der Waals surface area contributed by atoms with Crippen molar-refractivity contribution in [2.45, 2.75) is 5.25 Å². The van der Waals surface area contributed by atoms with E-state index in [0.29, 0.717) is 18.7 Å². The second-order valence-electron chi connectivity index (χ2n) is 6.02. The summed E-state index contributed by atoms with van der Waals surface area (Å²) in [4.78, 5) is 26.4. The minimum absolute atomic E-state index is 0.0216. The molecule has 1 unspecified atom stereocenters. The van der Waals surface area contributed by atoms with E-state index in [9.17, 15) is 9.59 Å². The maximum atomic E-state index is 12.5. The molecule has 1 atom stereocenters. The van der Waals surface area contributed by atoms with Gasteiger partial charge < -0.3 is 15.0 Å². The molecule has 26 heavy (non-hydrogen) atoms. The zero-order chi connectivity index (χ0) is 18.4. The highest BCUT2D eigenvalue weighted by molar-refractivity contribution is 7.99. The zero-order valence-electron chi connectivity index (χ0n) is 14.7. The number of methoxy groups -OCH3 is 1. The number of hydrogen-bond acceptors (Lipinski definition) is 4. The fraction of sp³-hybridized carbons (Fsp3) is 0.300. The van der Waals surface area contributed by atoms with Crippen LogP contribution in [0.2, 0.25) is 0 Å². The van der Waals surface area contributed by atoms with Crippen LogP contribution in [0.25, 0.3) is 0 Å². The molecule has 0 radical (unpaired) electrons. The summed E-state index contributed by atoms with van der Waals surface area (Å²) in [5.41, 5.74) is 1.74. The van der Waals surface area contributed by atoms with Gasteiger partial charge in [0.05, 0.1) is 13.7 Å². The zero-order valence-corrected chi connectivity index (χ0v) is 15.5. The minimum atomic E-state index is -0.225. The van der Waals surface area contributed by atoms with Crippen molar-refractivity contribution >= 4 is 23.6 Å². The summed E-state index contributed by atoms with van der Waals surface area (Å²) < 4.78 is 5.20. The first kappa shape index (κ1) is 18.3. The summed E-state index contributed by atoms with van der Waals surface area (Å²) in [5, 5.41) is 2.95. The molecule has 6 heteroatoms. The van der Waals surface area contributed by atoms with Crippen LogP contribution in [0.5, 0.6) is 5.75 Å². The van der Waals surface area contributed by atoms with E-state index in [0.717, 1.165) is 11.5 Å². The Hall–Kier alpha value is -2.47. The molecule has 0 saturated carbocycles. The van der Waals surface area contributed by atoms with Crippen LogP contribution in [0.15, 0.2) is 54.6 Å². The molecule has 1 N–H and O–H groups in total. The molecular formula is C20H22N2O3S. The van der Waals surface area contributed by atoms with Crippen molar-refractivity contribution in [3.05, 3.63) is 65.7 Å². The van der Waals surface area contributed by atoms with E-state index in [1.165, 1.54) is 5.56 Å². The fourth-order valence-corrected chi connectivity index (χ4v) is 4.10. The third-order valence-corrected chi connectivity index (χ3v) is 5.58. The number of rotatable bonds is 5. The molecule has 0 spiro atoms. The Morgan fingerprint density at radius 3 is 2.58 bits per heavy atom. The SMILES string of the molecule is COc1ccc(C2CN(C(=O)CNC(=O)c3ccccc3)CCS2)cc1. The predicted octanol–water partition coefficient (Wildman–Crippen LogP) is 2.74. The lowest BCUT2D eigenvalue weighted by Crippen LogP contribution is -2.44. The Morgan fingerprint density at radius 2 is 1.88 bits per heavy atom. The highest BCUT2D eigenvalue weighted by Crippen LogP contribution is 2.33. The summed E-state index contributed by atoms with van der Waals surface area (Å²) in [5.74, 6) is 1.44. The molecule has 2 amide bonds. The minimum Gasteiger partial charge on any atom is -0.497 e. The largest absolute Gasteiger partial charge is 0.497 e. The molecule has 1 heterocycles. The van der Waals surface area contributed by atoms with Gasteiger partial charge in [0.1, 0.15) is 5.75 Å². The lowest BCUT2D eigenvalue weighted by molar-refractivity contribution is -0.130. The molecule has 3 rings (SSSR count). The highest BCUT2D eigenvalue weighted by Gasteiger charge is 2.25. The van der Waals surface area contributed by atoms with Crippen LogP contribution in [-0.4, -0.2) is 49.2 Å². The number of hydrogen-bond donors (Lipinski definition) is 1. The van der Waals surface area contributed by atoms with Crippen LogP contribution in [0.3, 0.4) is 0 Å². The number of nitrogens with zero attached hydrogens (tertiary/aromatic N) is 1. The van der Waals surface area contributed by atoms with E-state index in [1.807, 2.05) is 47.0 Å². The maximum absolute atomic E-state index is 12.5. The van der Waals surface area contributed by atoms with Gasteiger partial charge >= 0.3 is 0 Å². The lowest BCUT2D eigenvalue weighted by Gasteiger charge is -2.32. The Morgan fingerprint density at radius 1 is 1.15 bits per heavy atom. The second kappa shape index (κ2) is 8.76. The van der Waals surface area contributed by atoms with Crippen LogP contribution in [0.1, 0.15) is 21.2 Å². The molecule has 0 aromatic heterocycles. The predicted molar refractivity (Wildman–Crippen MR) is 104 cm³/mol. The van der Waals surface area contributed by atoms with Gasteiger partial charge in [-0.15, -0.1) is 0 Å². The number of ether oxygens (including phenoxy) is 1. The smallest absolute Gasteiger partial charge is 0.251 e. The molecule has 1 fully saturated rings. The van der Waals surface area contributed by atoms with Gasteiger partial charge in [-0.3, -0.25) is 9.59 Å². The first-order chi connectivity index (χ1) is 12.7. The molecule has 2 aromatic carbocycles. The number of amides is 2. The number of carbonyl (C=O) groups excluding carboxylic acids is 2. The van der Waals surface area contributed by atoms with Crippen LogP contribution < -0.4 is 10.1 Å².